The van der Waals surface area contributed by atoms with Crippen LogP contribution < -0.4 is 9.64 Å². The number of aliphatic hydroxyl groups is 1. The van der Waals surface area contributed by atoms with Crippen LogP contribution in [0.3, 0.4) is 0 Å². The van der Waals surface area contributed by atoms with Crippen LogP contribution in [0.5, 0.6) is 5.75 Å². The monoisotopic (exact) mass is 399 g/mol. The molecule has 0 saturated carbocycles. The van der Waals surface area contributed by atoms with E-state index < -0.39 is 6.10 Å². The zero-order valence-corrected chi connectivity index (χ0v) is 17.5. The summed E-state index contributed by atoms with van der Waals surface area (Å²) in [6, 6.07) is 19.1. The Hall–Kier alpha value is -2.41. The van der Waals surface area contributed by atoms with E-state index >= 15 is 0 Å². The topological polar surface area (TPSA) is 56.2 Å². The second-order valence-corrected chi connectivity index (χ2v) is 7.06. The number of para-hydroxylation sites is 2. The molecule has 1 N–H and O–H groups in total. The van der Waals surface area contributed by atoms with E-state index in [0.29, 0.717) is 13.2 Å². The Morgan fingerprint density at radius 1 is 1.00 bits per heavy atom. The van der Waals surface area contributed by atoms with Crippen LogP contribution in [0.1, 0.15) is 6.92 Å². The fraction of sp³-hybridized carbons (Fsp3) is 0.435. The van der Waals surface area contributed by atoms with E-state index in [4.69, 9.17) is 4.74 Å². The minimum Gasteiger partial charge on any atom is -0.491 e. The first-order chi connectivity index (χ1) is 14.1. The van der Waals surface area contributed by atoms with Gasteiger partial charge in [-0.15, -0.1) is 0 Å². The molecule has 1 aliphatic rings. The molecule has 3 rings (SSSR count). The molecule has 1 saturated heterocycles. The second kappa shape index (κ2) is 12.9. The summed E-state index contributed by atoms with van der Waals surface area (Å²) in [6.07, 6.45) is 0.364. The summed E-state index contributed by atoms with van der Waals surface area (Å²) >= 11 is 0. The van der Waals surface area contributed by atoms with Gasteiger partial charge < -0.3 is 19.6 Å². The molecule has 0 bridgehead atoms. The maximum Gasteiger partial charge on any atom is 0.213 e. The lowest BCUT2D eigenvalue weighted by Crippen LogP contribution is -2.49. The molecule has 0 spiro atoms. The van der Waals surface area contributed by atoms with Crippen LogP contribution in [0.25, 0.3) is 0 Å². The molecule has 1 aliphatic heterocycles. The summed E-state index contributed by atoms with van der Waals surface area (Å²) in [7, 11) is 1.72. The van der Waals surface area contributed by atoms with Gasteiger partial charge in [-0.3, -0.25) is 9.69 Å². The van der Waals surface area contributed by atoms with Crippen LogP contribution in [-0.4, -0.2) is 80.3 Å². The minimum atomic E-state index is -0.423. The number of piperazine rings is 1. The van der Waals surface area contributed by atoms with Crippen molar-refractivity contribution in [1.82, 2.24) is 9.80 Å². The molecule has 0 aromatic heterocycles. The Kier molecular flexibility index (Phi) is 10.2. The number of nitrogens with zero attached hydrogens (tertiary/aromatic N) is 3. The number of β-amino-alcohol motifs (C(OH)–C–C–N with tert-alkyl or cyclic N) is 1. The highest BCUT2D eigenvalue weighted by Crippen LogP contribution is 2.09. The predicted octanol–water partition coefficient (Wildman–Crippen LogP) is 2.34. The molecule has 1 heterocycles. The largest absolute Gasteiger partial charge is 0.491 e. The molecule has 6 heteroatoms. The number of anilines is 1. The Balaban J connectivity index is 0.000000253. The highest BCUT2D eigenvalue weighted by atomic mass is 16.5. The van der Waals surface area contributed by atoms with Gasteiger partial charge in [-0.25, -0.2) is 0 Å². The van der Waals surface area contributed by atoms with Crippen LogP contribution >= 0.6 is 0 Å². The molecule has 2 aromatic rings. The van der Waals surface area contributed by atoms with Crippen molar-refractivity contribution in [2.75, 3.05) is 57.8 Å². The van der Waals surface area contributed by atoms with Gasteiger partial charge in [-0.05, 0) is 30.8 Å². The molecular weight excluding hydrogens is 366 g/mol. The van der Waals surface area contributed by atoms with E-state index in [2.05, 4.69) is 16.7 Å². The van der Waals surface area contributed by atoms with Crippen LogP contribution in [0.2, 0.25) is 0 Å². The molecule has 1 fully saturated rings. The zero-order valence-electron chi connectivity index (χ0n) is 17.5. The van der Waals surface area contributed by atoms with Gasteiger partial charge in [0.2, 0.25) is 6.41 Å². The van der Waals surface area contributed by atoms with Crippen molar-refractivity contribution >= 4 is 12.1 Å². The van der Waals surface area contributed by atoms with Gasteiger partial charge in [0.1, 0.15) is 18.5 Å². The summed E-state index contributed by atoms with van der Waals surface area (Å²) in [5.74, 6) is 0.817. The Morgan fingerprint density at radius 2 is 1.55 bits per heavy atom. The van der Waals surface area contributed by atoms with Crippen molar-refractivity contribution in [2.24, 2.45) is 0 Å². The number of likely N-dealkylation sites (N-methyl/N-ethyl adjacent to an activating group) is 1. The first-order valence-corrected chi connectivity index (χ1v) is 10.2. The average Bonchev–Trinajstić information content (AvgIpc) is 2.79. The molecule has 0 aliphatic carbocycles. The summed E-state index contributed by atoms with van der Waals surface area (Å²) in [6.45, 7) is 8.64. The third kappa shape index (κ3) is 8.64. The van der Waals surface area contributed by atoms with Gasteiger partial charge in [0, 0.05) is 45.5 Å². The van der Waals surface area contributed by atoms with Gasteiger partial charge in [-0.1, -0.05) is 43.3 Å². The lowest BCUT2D eigenvalue weighted by Gasteiger charge is -2.34. The second-order valence-electron chi connectivity index (χ2n) is 7.06. The van der Waals surface area contributed by atoms with Crippen molar-refractivity contribution in [1.29, 1.82) is 0 Å². The number of aliphatic hydroxyl groups excluding tert-OH is 1. The molecule has 1 amide bonds. The van der Waals surface area contributed by atoms with Crippen LogP contribution in [-0.2, 0) is 4.79 Å². The summed E-state index contributed by atoms with van der Waals surface area (Å²) < 4.78 is 5.56. The third-order valence-electron chi connectivity index (χ3n) is 4.89. The summed E-state index contributed by atoms with van der Waals surface area (Å²) in [5.41, 5.74) is 0.914. The number of carbonyl (C=O) groups excluding carboxylic acids is 1. The third-order valence-corrected chi connectivity index (χ3v) is 4.89. The van der Waals surface area contributed by atoms with Gasteiger partial charge in [-0.2, -0.15) is 0 Å². The van der Waals surface area contributed by atoms with Crippen molar-refractivity contribution in [2.45, 2.75) is 13.0 Å². The quantitative estimate of drug-likeness (QED) is 0.691. The molecule has 1 atom stereocenters. The number of benzene rings is 2. The Morgan fingerprint density at radius 3 is 2.10 bits per heavy atom. The molecule has 2 aromatic carbocycles. The van der Waals surface area contributed by atoms with Gasteiger partial charge in [0.05, 0.1) is 0 Å². The number of ether oxygens (including phenoxy) is 1. The zero-order chi connectivity index (χ0) is 20.9. The van der Waals surface area contributed by atoms with E-state index in [9.17, 15) is 9.90 Å². The van der Waals surface area contributed by atoms with E-state index in [-0.39, 0.29) is 0 Å². The van der Waals surface area contributed by atoms with Gasteiger partial charge >= 0.3 is 0 Å². The predicted molar refractivity (Wildman–Crippen MR) is 117 cm³/mol. The fourth-order valence-electron chi connectivity index (χ4n) is 3.07. The summed E-state index contributed by atoms with van der Waals surface area (Å²) in [4.78, 5) is 16.5. The average molecular weight is 400 g/mol. The van der Waals surface area contributed by atoms with Crippen LogP contribution in [0, 0.1) is 0 Å². The highest BCUT2D eigenvalue weighted by Gasteiger charge is 2.18. The number of rotatable bonds is 8. The van der Waals surface area contributed by atoms with Gasteiger partial charge in [0.15, 0.2) is 0 Å². The SMILES string of the molecule is CCN1CCN(CC(O)COc2ccccc2)CC1.CN(C=O)c1ccccc1. The first-order valence-electron chi connectivity index (χ1n) is 10.2. The number of hydrogen-bond acceptors (Lipinski definition) is 5. The van der Waals surface area contributed by atoms with Crippen LogP contribution in [0.15, 0.2) is 60.7 Å². The Bertz CT molecular complexity index is 676. The van der Waals surface area contributed by atoms with Crippen molar-refractivity contribution in [3.8, 4) is 5.75 Å². The lowest BCUT2D eigenvalue weighted by atomic mass is 10.2. The number of hydrogen-bond donors (Lipinski definition) is 1. The van der Waals surface area contributed by atoms with Crippen molar-refractivity contribution < 1.29 is 14.6 Å². The van der Waals surface area contributed by atoms with E-state index in [1.165, 1.54) is 4.90 Å². The Labute approximate surface area is 174 Å². The molecular formula is C23H33N3O3. The minimum absolute atomic E-state index is 0.359. The maximum atomic E-state index is 10.2. The van der Waals surface area contributed by atoms with Crippen molar-refractivity contribution in [3.63, 3.8) is 0 Å². The van der Waals surface area contributed by atoms with E-state index in [1.807, 2.05) is 60.7 Å². The normalized spacial score (nSPS) is 15.7. The van der Waals surface area contributed by atoms with Gasteiger partial charge in [0.25, 0.3) is 0 Å². The lowest BCUT2D eigenvalue weighted by molar-refractivity contribution is -0.107. The molecule has 158 valence electrons. The smallest absolute Gasteiger partial charge is 0.213 e. The molecule has 6 nitrogen and oxygen atoms in total. The maximum absolute atomic E-state index is 10.2. The molecule has 0 radical (unpaired) electrons. The molecule has 1 unspecified atom stereocenters. The highest BCUT2D eigenvalue weighted by molar-refractivity contribution is 5.73. The standard InChI is InChI=1S/C15H24N2O2.C8H9NO/c1-2-16-8-10-17(11-9-16)12-14(18)13-19-15-6-4-3-5-7-15;1-9(7-10)8-5-3-2-4-6-8/h3-7,14,18H,2,8-13H2,1H3;2-7H,1H3. The fourth-order valence-corrected chi connectivity index (χ4v) is 3.07. The first kappa shape index (κ1) is 22.9. The molecule has 29 heavy (non-hydrogen) atoms. The number of carbonyl (C=O) groups is 1. The van der Waals surface area contributed by atoms with Crippen LogP contribution in [0.4, 0.5) is 5.69 Å². The van der Waals surface area contributed by atoms with E-state index in [0.717, 1.165) is 50.6 Å². The number of amides is 1. The summed E-state index contributed by atoms with van der Waals surface area (Å²) in [5, 5.41) is 10.0. The van der Waals surface area contributed by atoms with E-state index in [1.54, 1.807) is 7.05 Å². The van der Waals surface area contributed by atoms with Crippen molar-refractivity contribution in [3.05, 3.63) is 60.7 Å².